The molecule has 0 aliphatic rings. The van der Waals surface area contributed by atoms with Crippen molar-refractivity contribution in [2.45, 2.75) is 12.1 Å². The zero-order valence-corrected chi connectivity index (χ0v) is 16.3. The molecule has 0 atom stereocenters. The first-order chi connectivity index (χ1) is 13.8. The highest BCUT2D eigenvalue weighted by molar-refractivity contribution is 7.99. The lowest BCUT2D eigenvalue weighted by atomic mass is 10.1. The standard InChI is InChI=1S/C23H19N3OS/c1-16-15-22-24-25-23(26(22)20-11-5-4-9-18(16)20)28-14-13-27-21-12-6-8-17-7-2-3-10-19(17)21/h2-12,15H,13-14H2,1H3. The molecular formula is C23H19N3OS. The fraction of sp³-hybridized carbons (Fsp3) is 0.130. The van der Waals surface area contributed by atoms with E-state index in [1.807, 2.05) is 24.3 Å². The maximum Gasteiger partial charge on any atom is 0.196 e. The number of hydrogen-bond donors (Lipinski definition) is 0. The molecule has 5 aromatic rings. The fourth-order valence-corrected chi connectivity index (χ4v) is 4.34. The highest BCUT2D eigenvalue weighted by Crippen LogP contribution is 2.27. The monoisotopic (exact) mass is 385 g/mol. The van der Waals surface area contributed by atoms with Crippen molar-refractivity contribution in [3.05, 3.63) is 78.4 Å². The van der Waals surface area contributed by atoms with Gasteiger partial charge in [-0.3, -0.25) is 4.40 Å². The zero-order chi connectivity index (χ0) is 18.9. The van der Waals surface area contributed by atoms with Gasteiger partial charge in [-0.05, 0) is 36.1 Å². The largest absolute Gasteiger partial charge is 0.492 e. The number of pyridine rings is 1. The molecule has 138 valence electrons. The summed E-state index contributed by atoms with van der Waals surface area (Å²) in [5.41, 5.74) is 3.24. The van der Waals surface area contributed by atoms with Crippen LogP contribution in [-0.2, 0) is 0 Å². The average molecular weight is 385 g/mol. The first-order valence-electron chi connectivity index (χ1n) is 9.28. The smallest absolute Gasteiger partial charge is 0.196 e. The molecule has 2 heterocycles. The predicted molar refractivity (Wildman–Crippen MR) is 115 cm³/mol. The molecule has 0 amide bonds. The van der Waals surface area contributed by atoms with Crippen molar-refractivity contribution >= 4 is 39.1 Å². The summed E-state index contributed by atoms with van der Waals surface area (Å²) in [5, 5.41) is 13.2. The number of ether oxygens (including phenoxy) is 1. The van der Waals surface area contributed by atoms with Crippen LogP contribution < -0.4 is 4.74 Å². The Bertz CT molecular complexity index is 1290. The third kappa shape index (κ3) is 2.98. The third-order valence-corrected chi connectivity index (χ3v) is 5.79. The van der Waals surface area contributed by atoms with Crippen molar-refractivity contribution in [1.82, 2.24) is 14.6 Å². The minimum atomic E-state index is 0.609. The molecule has 0 fully saturated rings. The summed E-state index contributed by atoms with van der Waals surface area (Å²) in [4.78, 5) is 0. The Morgan fingerprint density at radius 3 is 2.61 bits per heavy atom. The molecule has 0 radical (unpaired) electrons. The van der Waals surface area contributed by atoms with E-state index in [9.17, 15) is 0 Å². The van der Waals surface area contributed by atoms with Crippen LogP contribution in [0.2, 0.25) is 0 Å². The maximum atomic E-state index is 6.06. The van der Waals surface area contributed by atoms with Crippen LogP contribution in [-0.4, -0.2) is 27.0 Å². The van der Waals surface area contributed by atoms with E-state index in [4.69, 9.17) is 4.74 Å². The van der Waals surface area contributed by atoms with Crippen molar-refractivity contribution in [3.63, 3.8) is 0 Å². The van der Waals surface area contributed by atoms with Crippen LogP contribution in [0.25, 0.3) is 27.3 Å². The number of thioether (sulfide) groups is 1. The molecule has 0 spiro atoms. The lowest BCUT2D eigenvalue weighted by molar-refractivity contribution is 0.348. The SMILES string of the molecule is Cc1cc2nnc(SCCOc3cccc4ccccc34)n2c2ccccc12. The lowest BCUT2D eigenvalue weighted by Crippen LogP contribution is -2.01. The second-order valence-corrected chi connectivity index (χ2v) is 7.76. The van der Waals surface area contributed by atoms with Crippen molar-refractivity contribution < 1.29 is 4.74 Å². The zero-order valence-electron chi connectivity index (χ0n) is 15.5. The maximum absolute atomic E-state index is 6.06. The molecular weight excluding hydrogens is 366 g/mol. The summed E-state index contributed by atoms with van der Waals surface area (Å²) in [6, 6.07) is 24.9. The number of aromatic nitrogens is 3. The Kier molecular flexibility index (Phi) is 4.37. The molecule has 0 saturated carbocycles. The fourth-order valence-electron chi connectivity index (χ4n) is 3.57. The van der Waals surface area contributed by atoms with E-state index in [-0.39, 0.29) is 0 Å². The Hall–Kier alpha value is -3.05. The van der Waals surface area contributed by atoms with E-state index >= 15 is 0 Å². The first kappa shape index (κ1) is 17.1. The Labute approximate surface area is 167 Å². The number of rotatable bonds is 5. The summed E-state index contributed by atoms with van der Waals surface area (Å²) >= 11 is 1.67. The van der Waals surface area contributed by atoms with E-state index in [0.717, 1.165) is 33.2 Å². The number of nitrogens with zero attached hydrogens (tertiary/aromatic N) is 3. The number of aryl methyl sites for hydroxylation is 1. The van der Waals surface area contributed by atoms with Crippen molar-refractivity contribution in [1.29, 1.82) is 0 Å². The van der Waals surface area contributed by atoms with Gasteiger partial charge < -0.3 is 4.74 Å². The predicted octanol–water partition coefficient (Wildman–Crippen LogP) is 5.52. The summed E-state index contributed by atoms with van der Waals surface area (Å²) in [6.45, 7) is 2.72. The van der Waals surface area contributed by atoms with Crippen LogP contribution in [0.5, 0.6) is 5.75 Å². The normalized spacial score (nSPS) is 11.5. The molecule has 5 heteroatoms. The molecule has 0 unspecified atom stereocenters. The summed E-state index contributed by atoms with van der Waals surface area (Å²) in [7, 11) is 0. The number of hydrogen-bond acceptors (Lipinski definition) is 4. The van der Waals surface area contributed by atoms with Gasteiger partial charge in [0.2, 0.25) is 0 Å². The van der Waals surface area contributed by atoms with Crippen molar-refractivity contribution in [2.24, 2.45) is 0 Å². The van der Waals surface area contributed by atoms with Gasteiger partial charge in [0.15, 0.2) is 10.8 Å². The molecule has 0 saturated heterocycles. The highest BCUT2D eigenvalue weighted by atomic mass is 32.2. The molecule has 4 nitrogen and oxygen atoms in total. The van der Waals surface area contributed by atoms with E-state index in [1.54, 1.807) is 11.8 Å². The summed E-state index contributed by atoms with van der Waals surface area (Å²) in [5.74, 6) is 1.72. The summed E-state index contributed by atoms with van der Waals surface area (Å²) < 4.78 is 8.19. The van der Waals surface area contributed by atoms with E-state index in [1.165, 1.54) is 16.3 Å². The van der Waals surface area contributed by atoms with Gasteiger partial charge in [-0.15, -0.1) is 10.2 Å². The number of para-hydroxylation sites is 1. The molecule has 0 aliphatic carbocycles. The first-order valence-corrected chi connectivity index (χ1v) is 10.3. The lowest BCUT2D eigenvalue weighted by Gasteiger charge is -2.09. The van der Waals surface area contributed by atoms with Crippen LogP contribution >= 0.6 is 11.8 Å². The van der Waals surface area contributed by atoms with Gasteiger partial charge in [-0.1, -0.05) is 66.4 Å². The van der Waals surface area contributed by atoms with E-state index in [2.05, 4.69) is 70.1 Å². The number of fused-ring (bicyclic) bond motifs is 4. The Balaban J connectivity index is 1.36. The van der Waals surface area contributed by atoms with E-state index < -0.39 is 0 Å². The highest BCUT2D eigenvalue weighted by Gasteiger charge is 2.11. The Morgan fingerprint density at radius 1 is 0.893 bits per heavy atom. The van der Waals surface area contributed by atoms with Gasteiger partial charge >= 0.3 is 0 Å². The second-order valence-electron chi connectivity index (χ2n) is 6.69. The van der Waals surface area contributed by atoms with Gasteiger partial charge in [0.05, 0.1) is 12.1 Å². The van der Waals surface area contributed by atoms with Gasteiger partial charge in [-0.25, -0.2) is 0 Å². The van der Waals surface area contributed by atoms with Gasteiger partial charge in [-0.2, -0.15) is 0 Å². The molecule has 28 heavy (non-hydrogen) atoms. The van der Waals surface area contributed by atoms with Gasteiger partial charge in [0, 0.05) is 16.5 Å². The van der Waals surface area contributed by atoms with Crippen LogP contribution in [0.15, 0.2) is 78.0 Å². The van der Waals surface area contributed by atoms with Gasteiger partial charge in [0.25, 0.3) is 0 Å². The quantitative estimate of drug-likeness (QED) is 0.295. The second kappa shape index (κ2) is 7.17. The molecule has 3 aromatic carbocycles. The average Bonchev–Trinajstić information content (AvgIpc) is 3.14. The van der Waals surface area contributed by atoms with Crippen LogP contribution in [0.4, 0.5) is 0 Å². The van der Waals surface area contributed by atoms with Crippen molar-refractivity contribution in [3.8, 4) is 5.75 Å². The van der Waals surface area contributed by atoms with Crippen molar-refractivity contribution in [2.75, 3.05) is 12.4 Å². The summed E-state index contributed by atoms with van der Waals surface area (Å²) in [6.07, 6.45) is 0. The van der Waals surface area contributed by atoms with Crippen LogP contribution in [0.3, 0.4) is 0 Å². The third-order valence-electron chi connectivity index (χ3n) is 4.90. The Morgan fingerprint density at radius 2 is 1.68 bits per heavy atom. The molecule has 2 aromatic heterocycles. The topological polar surface area (TPSA) is 39.4 Å². The van der Waals surface area contributed by atoms with Crippen LogP contribution in [0.1, 0.15) is 5.56 Å². The molecule has 5 rings (SSSR count). The minimum absolute atomic E-state index is 0.609. The molecule has 0 N–H and O–H groups in total. The number of benzene rings is 3. The molecule has 0 aliphatic heterocycles. The molecule has 0 bridgehead atoms. The van der Waals surface area contributed by atoms with Crippen LogP contribution in [0, 0.1) is 6.92 Å². The minimum Gasteiger partial charge on any atom is -0.492 e. The van der Waals surface area contributed by atoms with E-state index in [0.29, 0.717) is 6.61 Å². The van der Waals surface area contributed by atoms with Gasteiger partial charge in [0.1, 0.15) is 5.75 Å².